The first-order chi connectivity index (χ1) is 9.17. The number of fused-ring (bicyclic) bond motifs is 1. The summed E-state index contributed by atoms with van der Waals surface area (Å²) in [7, 11) is 0. The summed E-state index contributed by atoms with van der Waals surface area (Å²) >= 11 is 0. The Bertz CT molecular complexity index is 500. The van der Waals surface area contributed by atoms with Gasteiger partial charge in [0.25, 0.3) is 0 Å². The molecule has 2 N–H and O–H groups in total. The lowest BCUT2D eigenvalue weighted by atomic mass is 9.92. The predicted octanol–water partition coefficient (Wildman–Crippen LogP) is 1.91. The van der Waals surface area contributed by atoms with Crippen LogP contribution in [-0.2, 0) is 11.3 Å². The molecule has 2 atom stereocenters. The van der Waals surface area contributed by atoms with Gasteiger partial charge in [-0.15, -0.1) is 0 Å². The number of rotatable bonds is 2. The van der Waals surface area contributed by atoms with E-state index in [0.29, 0.717) is 25.6 Å². The summed E-state index contributed by atoms with van der Waals surface area (Å²) in [5, 5.41) is 0. The van der Waals surface area contributed by atoms with Gasteiger partial charge >= 0.3 is 6.09 Å². The molecule has 1 aromatic carbocycles. The van der Waals surface area contributed by atoms with E-state index in [9.17, 15) is 4.79 Å². The Hall–Kier alpha value is -1.81. The number of amides is 1. The van der Waals surface area contributed by atoms with Crippen molar-refractivity contribution in [3.63, 3.8) is 0 Å². The van der Waals surface area contributed by atoms with Crippen LogP contribution in [0.2, 0.25) is 0 Å². The zero-order chi connectivity index (χ0) is 13.3. The van der Waals surface area contributed by atoms with Crippen LogP contribution in [0.25, 0.3) is 0 Å². The Morgan fingerprint density at radius 1 is 1.42 bits per heavy atom. The molecule has 0 saturated carbocycles. The summed E-state index contributed by atoms with van der Waals surface area (Å²) in [5.41, 5.74) is 6.92. The molecule has 0 bridgehead atoms. The van der Waals surface area contributed by atoms with E-state index in [1.165, 1.54) is 0 Å². The van der Waals surface area contributed by atoms with Gasteiger partial charge in [-0.3, -0.25) is 0 Å². The maximum Gasteiger partial charge on any atom is 0.410 e. The SMILES string of the molecule is NC12C=CCC1CN(C(=O)OCc1ccccc1)C2. The van der Waals surface area contributed by atoms with Crippen LogP contribution in [0.3, 0.4) is 0 Å². The van der Waals surface area contributed by atoms with Crippen LogP contribution >= 0.6 is 0 Å². The predicted molar refractivity (Wildman–Crippen MR) is 72.4 cm³/mol. The number of hydrogen-bond donors (Lipinski definition) is 1. The average Bonchev–Trinajstić information content (AvgIpc) is 2.92. The van der Waals surface area contributed by atoms with Crippen LogP contribution in [0, 0.1) is 5.92 Å². The van der Waals surface area contributed by atoms with E-state index in [2.05, 4.69) is 6.08 Å². The number of ether oxygens (including phenoxy) is 1. The molecule has 1 aliphatic heterocycles. The molecule has 0 spiro atoms. The van der Waals surface area contributed by atoms with Crippen molar-refractivity contribution < 1.29 is 9.53 Å². The second kappa shape index (κ2) is 4.70. The molecule has 3 rings (SSSR count). The summed E-state index contributed by atoms with van der Waals surface area (Å²) in [6.45, 7) is 1.56. The zero-order valence-electron chi connectivity index (χ0n) is 10.8. The molecule has 19 heavy (non-hydrogen) atoms. The summed E-state index contributed by atoms with van der Waals surface area (Å²) in [6.07, 6.45) is 4.83. The maximum absolute atomic E-state index is 12.0. The zero-order valence-corrected chi connectivity index (χ0v) is 10.8. The number of hydrogen-bond acceptors (Lipinski definition) is 3. The molecule has 1 aliphatic carbocycles. The first-order valence-corrected chi connectivity index (χ1v) is 6.59. The normalized spacial score (nSPS) is 28.5. The number of nitrogens with zero attached hydrogens (tertiary/aromatic N) is 1. The summed E-state index contributed by atoms with van der Waals surface area (Å²) in [4.78, 5) is 13.7. The van der Waals surface area contributed by atoms with Gasteiger partial charge in [0.2, 0.25) is 0 Å². The Kier molecular flexibility index (Phi) is 3.03. The Balaban J connectivity index is 1.56. The molecular weight excluding hydrogens is 240 g/mol. The van der Waals surface area contributed by atoms with Gasteiger partial charge in [0.05, 0.1) is 5.54 Å². The van der Waals surface area contributed by atoms with E-state index in [4.69, 9.17) is 10.5 Å². The molecule has 2 unspecified atom stereocenters. The lowest BCUT2D eigenvalue weighted by molar-refractivity contribution is 0.102. The molecule has 0 radical (unpaired) electrons. The fourth-order valence-corrected chi connectivity index (χ4v) is 2.84. The third-order valence-electron chi connectivity index (χ3n) is 3.98. The fraction of sp³-hybridized carbons (Fsp3) is 0.400. The van der Waals surface area contributed by atoms with E-state index in [1.807, 2.05) is 36.4 Å². The van der Waals surface area contributed by atoms with Crippen LogP contribution in [0.5, 0.6) is 0 Å². The summed E-state index contributed by atoms with van der Waals surface area (Å²) in [5.74, 6) is 0.344. The molecule has 4 heteroatoms. The van der Waals surface area contributed by atoms with E-state index in [1.54, 1.807) is 4.90 Å². The molecule has 100 valence electrons. The van der Waals surface area contributed by atoms with Crippen molar-refractivity contribution in [1.29, 1.82) is 0 Å². The van der Waals surface area contributed by atoms with Crippen molar-refractivity contribution in [3.05, 3.63) is 48.0 Å². The Morgan fingerprint density at radius 3 is 2.95 bits per heavy atom. The minimum atomic E-state index is -0.342. The van der Waals surface area contributed by atoms with Crippen LogP contribution in [0.15, 0.2) is 42.5 Å². The summed E-state index contributed by atoms with van der Waals surface area (Å²) < 4.78 is 5.33. The molecular formula is C15H18N2O2. The second-order valence-electron chi connectivity index (χ2n) is 5.37. The van der Waals surface area contributed by atoms with Gasteiger partial charge < -0.3 is 15.4 Å². The highest BCUT2D eigenvalue weighted by Crippen LogP contribution is 2.34. The molecule has 1 saturated heterocycles. The van der Waals surface area contributed by atoms with Crippen molar-refractivity contribution in [2.45, 2.75) is 18.6 Å². The maximum atomic E-state index is 12.0. The van der Waals surface area contributed by atoms with Crippen molar-refractivity contribution in [2.75, 3.05) is 13.1 Å². The van der Waals surface area contributed by atoms with E-state index in [0.717, 1.165) is 12.0 Å². The Labute approximate surface area is 112 Å². The highest BCUT2D eigenvalue weighted by Gasteiger charge is 2.45. The standard InChI is InChI=1S/C15H18N2O2/c16-15-8-4-7-13(15)9-17(11-15)14(18)19-10-12-5-2-1-3-6-12/h1-6,8,13H,7,9-11,16H2. The molecule has 2 aliphatic rings. The number of benzene rings is 1. The molecule has 4 nitrogen and oxygen atoms in total. The van der Waals surface area contributed by atoms with Gasteiger partial charge in [-0.1, -0.05) is 42.5 Å². The smallest absolute Gasteiger partial charge is 0.410 e. The third-order valence-corrected chi connectivity index (χ3v) is 3.98. The quantitative estimate of drug-likeness (QED) is 0.824. The highest BCUT2D eigenvalue weighted by molar-refractivity contribution is 5.68. The number of likely N-dealkylation sites (tertiary alicyclic amines) is 1. The van der Waals surface area contributed by atoms with E-state index in [-0.39, 0.29) is 11.6 Å². The van der Waals surface area contributed by atoms with Gasteiger partial charge in [-0.25, -0.2) is 4.79 Å². The monoisotopic (exact) mass is 258 g/mol. The first kappa shape index (κ1) is 12.2. The highest BCUT2D eigenvalue weighted by atomic mass is 16.6. The molecule has 1 aromatic rings. The average molecular weight is 258 g/mol. The van der Waals surface area contributed by atoms with Crippen molar-refractivity contribution in [1.82, 2.24) is 4.90 Å². The molecule has 1 amide bonds. The van der Waals surface area contributed by atoms with E-state index < -0.39 is 0 Å². The molecule has 1 heterocycles. The van der Waals surface area contributed by atoms with Gasteiger partial charge in [0.1, 0.15) is 6.61 Å². The number of carbonyl (C=O) groups is 1. The van der Waals surface area contributed by atoms with Crippen molar-refractivity contribution in [2.24, 2.45) is 11.7 Å². The van der Waals surface area contributed by atoms with Crippen LogP contribution in [0.1, 0.15) is 12.0 Å². The molecule has 0 aromatic heterocycles. The topological polar surface area (TPSA) is 55.6 Å². The first-order valence-electron chi connectivity index (χ1n) is 6.59. The lowest BCUT2D eigenvalue weighted by Gasteiger charge is -2.21. The van der Waals surface area contributed by atoms with Crippen molar-refractivity contribution >= 4 is 6.09 Å². The van der Waals surface area contributed by atoms with Gasteiger partial charge in [-0.05, 0) is 12.0 Å². The van der Waals surface area contributed by atoms with Gasteiger partial charge in [0, 0.05) is 19.0 Å². The Morgan fingerprint density at radius 2 is 2.21 bits per heavy atom. The van der Waals surface area contributed by atoms with Gasteiger partial charge in [-0.2, -0.15) is 0 Å². The molecule has 1 fully saturated rings. The van der Waals surface area contributed by atoms with Gasteiger partial charge in [0.15, 0.2) is 0 Å². The lowest BCUT2D eigenvalue weighted by Crippen LogP contribution is -2.44. The second-order valence-corrected chi connectivity index (χ2v) is 5.37. The summed E-state index contributed by atoms with van der Waals surface area (Å²) in [6, 6.07) is 9.70. The number of carbonyl (C=O) groups excluding carboxylic acids is 1. The number of nitrogens with two attached hydrogens (primary N) is 1. The van der Waals surface area contributed by atoms with Crippen molar-refractivity contribution in [3.8, 4) is 0 Å². The minimum absolute atomic E-state index is 0.267. The number of allylic oxidation sites excluding steroid dienone is 1. The fourth-order valence-electron chi connectivity index (χ4n) is 2.84. The van der Waals surface area contributed by atoms with Crippen LogP contribution in [0.4, 0.5) is 4.79 Å². The third kappa shape index (κ3) is 2.36. The van der Waals surface area contributed by atoms with Crippen LogP contribution < -0.4 is 5.73 Å². The largest absolute Gasteiger partial charge is 0.445 e. The van der Waals surface area contributed by atoms with Crippen LogP contribution in [-0.4, -0.2) is 29.6 Å². The van der Waals surface area contributed by atoms with E-state index >= 15 is 0 Å². The minimum Gasteiger partial charge on any atom is -0.445 e.